The quantitative estimate of drug-likeness (QED) is 0.595. The van der Waals surface area contributed by atoms with Crippen LogP contribution in [-0.4, -0.2) is 45.2 Å². The highest BCUT2D eigenvalue weighted by atomic mass is 32.2. The standard InChI is InChI=1S/C22H26F3NO4S2/c1-16(2)15-31(27,28)20-10-12-26(13-11-20)32(29,30)21-8-6-17(7-9-21)18-4-3-5-19(14-18)22(23,24)25/h3-9,14,16,20H,10-13,15H2,1-2H3. The molecule has 0 bridgehead atoms. The van der Waals surface area contributed by atoms with Gasteiger partial charge in [-0.25, -0.2) is 16.8 Å². The van der Waals surface area contributed by atoms with Gasteiger partial charge in [0.15, 0.2) is 9.84 Å². The Labute approximate surface area is 187 Å². The Bertz CT molecular complexity index is 1150. The van der Waals surface area contributed by atoms with E-state index in [9.17, 15) is 30.0 Å². The first-order valence-corrected chi connectivity index (χ1v) is 13.5. The summed E-state index contributed by atoms with van der Waals surface area (Å²) in [5.74, 6) is 0.0959. The lowest BCUT2D eigenvalue weighted by Gasteiger charge is -2.31. The molecule has 1 saturated heterocycles. The highest BCUT2D eigenvalue weighted by Crippen LogP contribution is 2.33. The van der Waals surface area contributed by atoms with E-state index in [1.54, 1.807) is 0 Å². The lowest BCUT2D eigenvalue weighted by atomic mass is 10.0. The minimum atomic E-state index is -4.46. The zero-order valence-electron chi connectivity index (χ0n) is 17.8. The number of alkyl halides is 3. The molecule has 1 heterocycles. The van der Waals surface area contributed by atoms with Crippen molar-refractivity contribution in [3.63, 3.8) is 0 Å². The largest absolute Gasteiger partial charge is 0.416 e. The molecule has 1 fully saturated rings. The molecular formula is C22H26F3NO4S2. The monoisotopic (exact) mass is 489 g/mol. The third-order valence-electron chi connectivity index (χ3n) is 5.49. The normalized spacial score (nSPS) is 17.1. The van der Waals surface area contributed by atoms with Crippen LogP contribution in [0.15, 0.2) is 53.4 Å². The fourth-order valence-corrected chi connectivity index (χ4v) is 7.48. The topological polar surface area (TPSA) is 71.5 Å². The maximum Gasteiger partial charge on any atom is 0.416 e. The maximum atomic E-state index is 13.0. The summed E-state index contributed by atoms with van der Waals surface area (Å²) in [7, 11) is -7.09. The van der Waals surface area contributed by atoms with Crippen LogP contribution in [0.3, 0.4) is 0 Å². The van der Waals surface area contributed by atoms with Crippen LogP contribution in [0.1, 0.15) is 32.3 Å². The van der Waals surface area contributed by atoms with E-state index in [0.29, 0.717) is 11.1 Å². The zero-order valence-corrected chi connectivity index (χ0v) is 19.5. The molecule has 5 nitrogen and oxygen atoms in total. The molecule has 2 aromatic rings. The van der Waals surface area contributed by atoms with Crippen molar-refractivity contribution >= 4 is 19.9 Å². The van der Waals surface area contributed by atoms with Crippen LogP contribution in [0, 0.1) is 5.92 Å². The number of hydrogen-bond donors (Lipinski definition) is 0. The molecular weight excluding hydrogens is 463 g/mol. The van der Waals surface area contributed by atoms with Gasteiger partial charge in [-0.1, -0.05) is 38.1 Å². The average molecular weight is 490 g/mol. The van der Waals surface area contributed by atoms with Crippen molar-refractivity contribution in [2.24, 2.45) is 5.92 Å². The number of rotatable bonds is 6. The van der Waals surface area contributed by atoms with Gasteiger partial charge in [0.05, 0.1) is 21.5 Å². The zero-order chi connectivity index (χ0) is 23.7. The summed E-state index contributed by atoms with van der Waals surface area (Å²) in [4.78, 5) is 0.0247. The van der Waals surface area contributed by atoms with Crippen LogP contribution in [-0.2, 0) is 26.0 Å². The first-order valence-electron chi connectivity index (χ1n) is 10.3. The van der Waals surface area contributed by atoms with Crippen molar-refractivity contribution in [3.8, 4) is 11.1 Å². The third-order valence-corrected chi connectivity index (χ3v) is 10.0. The third kappa shape index (κ3) is 5.52. The highest BCUT2D eigenvalue weighted by molar-refractivity contribution is 7.92. The molecule has 0 unspecified atom stereocenters. The molecule has 176 valence electrons. The molecule has 0 aliphatic carbocycles. The van der Waals surface area contributed by atoms with Gasteiger partial charge in [0.2, 0.25) is 10.0 Å². The first-order chi connectivity index (χ1) is 14.8. The smallest absolute Gasteiger partial charge is 0.229 e. The fraction of sp³-hybridized carbons (Fsp3) is 0.455. The first kappa shape index (κ1) is 24.7. The van der Waals surface area contributed by atoms with Crippen molar-refractivity contribution in [1.82, 2.24) is 4.31 Å². The van der Waals surface area contributed by atoms with E-state index in [4.69, 9.17) is 0 Å². The summed E-state index contributed by atoms with van der Waals surface area (Å²) in [5, 5.41) is -0.542. The van der Waals surface area contributed by atoms with Crippen molar-refractivity contribution in [2.45, 2.75) is 43.0 Å². The van der Waals surface area contributed by atoms with Crippen molar-refractivity contribution in [3.05, 3.63) is 54.1 Å². The van der Waals surface area contributed by atoms with Crippen molar-refractivity contribution in [2.75, 3.05) is 18.8 Å². The van der Waals surface area contributed by atoms with E-state index < -0.39 is 36.9 Å². The van der Waals surface area contributed by atoms with Gasteiger partial charge in [0.1, 0.15) is 0 Å². The van der Waals surface area contributed by atoms with E-state index in [1.807, 2.05) is 13.8 Å². The second kappa shape index (κ2) is 9.15. The second-order valence-corrected chi connectivity index (χ2v) is 12.7. The minimum Gasteiger partial charge on any atom is -0.229 e. The summed E-state index contributed by atoms with van der Waals surface area (Å²) in [6, 6.07) is 10.5. The summed E-state index contributed by atoms with van der Waals surface area (Å²) in [6.07, 6.45) is -3.97. The molecule has 10 heteroatoms. The Hall–Kier alpha value is -1.91. The fourth-order valence-electron chi connectivity index (χ4n) is 3.88. The van der Waals surface area contributed by atoms with E-state index in [0.717, 1.165) is 12.1 Å². The Morgan fingerprint density at radius 1 is 0.938 bits per heavy atom. The van der Waals surface area contributed by atoms with Crippen molar-refractivity contribution < 1.29 is 30.0 Å². The van der Waals surface area contributed by atoms with Crippen LogP contribution >= 0.6 is 0 Å². The number of sulfonamides is 1. The van der Waals surface area contributed by atoms with E-state index in [2.05, 4.69) is 0 Å². The van der Waals surface area contributed by atoms with Gasteiger partial charge in [-0.3, -0.25) is 0 Å². The summed E-state index contributed by atoms with van der Waals surface area (Å²) >= 11 is 0. The Kier molecular flexibility index (Phi) is 7.07. The Balaban J connectivity index is 1.74. The van der Waals surface area contributed by atoms with Crippen LogP contribution < -0.4 is 0 Å². The molecule has 0 aromatic heterocycles. The van der Waals surface area contributed by atoms with Gasteiger partial charge in [0, 0.05) is 13.1 Å². The summed E-state index contributed by atoms with van der Waals surface area (Å²) in [6.45, 7) is 3.89. The predicted octanol–water partition coefficient (Wildman–Crippen LogP) is 4.60. The molecule has 0 saturated carbocycles. The predicted molar refractivity (Wildman–Crippen MR) is 117 cm³/mol. The number of piperidine rings is 1. The van der Waals surface area contributed by atoms with Crippen molar-refractivity contribution in [1.29, 1.82) is 0 Å². The molecule has 32 heavy (non-hydrogen) atoms. The Morgan fingerprint density at radius 2 is 1.53 bits per heavy atom. The van der Waals surface area contributed by atoms with Gasteiger partial charge < -0.3 is 0 Å². The lowest BCUT2D eigenvalue weighted by Crippen LogP contribution is -2.43. The molecule has 0 radical (unpaired) electrons. The average Bonchev–Trinajstić information content (AvgIpc) is 2.72. The summed E-state index contributed by atoms with van der Waals surface area (Å²) < 4.78 is 91.0. The lowest BCUT2D eigenvalue weighted by molar-refractivity contribution is -0.137. The molecule has 3 rings (SSSR count). The van der Waals surface area contributed by atoms with E-state index in [-0.39, 0.29) is 42.5 Å². The highest BCUT2D eigenvalue weighted by Gasteiger charge is 2.35. The molecule has 0 amide bonds. The molecule has 0 N–H and O–H groups in total. The molecule has 2 aromatic carbocycles. The molecule has 1 aliphatic rings. The molecule has 0 atom stereocenters. The van der Waals surface area contributed by atoms with Crippen LogP contribution in [0.2, 0.25) is 0 Å². The van der Waals surface area contributed by atoms with Gasteiger partial charge in [-0.15, -0.1) is 0 Å². The number of sulfone groups is 1. The Morgan fingerprint density at radius 3 is 2.06 bits per heavy atom. The van der Waals surface area contributed by atoms with Crippen LogP contribution in [0.4, 0.5) is 13.2 Å². The van der Waals surface area contributed by atoms with Crippen LogP contribution in [0.25, 0.3) is 11.1 Å². The van der Waals surface area contributed by atoms with Gasteiger partial charge >= 0.3 is 6.18 Å². The second-order valence-electron chi connectivity index (χ2n) is 8.43. The van der Waals surface area contributed by atoms with E-state index in [1.165, 1.54) is 40.7 Å². The molecule has 0 spiro atoms. The van der Waals surface area contributed by atoms with Crippen LogP contribution in [0.5, 0.6) is 0 Å². The maximum absolute atomic E-state index is 13.0. The van der Waals surface area contributed by atoms with Gasteiger partial charge in [-0.05, 0) is 54.2 Å². The SMILES string of the molecule is CC(C)CS(=O)(=O)C1CCN(S(=O)(=O)c2ccc(-c3cccc(C(F)(F)F)c3)cc2)CC1. The minimum absolute atomic E-state index is 0.0112. The number of nitrogens with zero attached hydrogens (tertiary/aromatic N) is 1. The van der Waals surface area contributed by atoms with Gasteiger partial charge in [-0.2, -0.15) is 17.5 Å². The number of hydrogen-bond acceptors (Lipinski definition) is 4. The number of halogens is 3. The van der Waals surface area contributed by atoms with Gasteiger partial charge in [0.25, 0.3) is 0 Å². The summed E-state index contributed by atoms with van der Waals surface area (Å²) in [5.41, 5.74) is 0.0236. The number of benzene rings is 2. The molecule has 1 aliphatic heterocycles. The van der Waals surface area contributed by atoms with E-state index >= 15 is 0 Å².